The van der Waals surface area contributed by atoms with Crippen LogP contribution in [0.5, 0.6) is 0 Å². The Hall–Kier alpha value is -3.13. The minimum atomic E-state index is -5.88. The van der Waals surface area contributed by atoms with E-state index in [9.17, 15) is 58.1 Å². The summed E-state index contributed by atoms with van der Waals surface area (Å²) >= 11 is 0. The number of nitrogens with zero attached hydrogens (tertiary/aromatic N) is 6. The van der Waals surface area contributed by atoms with Crippen molar-refractivity contribution in [3.63, 3.8) is 0 Å². The molecule has 2 aliphatic heterocycles. The summed E-state index contributed by atoms with van der Waals surface area (Å²) in [4.78, 5) is 62.5. The first kappa shape index (κ1) is 43.4. The van der Waals surface area contributed by atoms with Crippen molar-refractivity contribution in [3.05, 3.63) is 33.4 Å². The van der Waals surface area contributed by atoms with E-state index < -0.39 is 109 Å². The van der Waals surface area contributed by atoms with E-state index in [-0.39, 0.29) is 34.2 Å². The molecule has 34 heteroatoms. The third kappa shape index (κ3) is 9.06. The number of aromatic nitrogens is 8. The van der Waals surface area contributed by atoms with Crippen LogP contribution in [0.25, 0.3) is 22.3 Å². The number of nitrogen functional groups attached to an aromatic ring is 2. The molecule has 12 atom stereocenters. The molecule has 4 aromatic heterocycles. The van der Waals surface area contributed by atoms with E-state index in [1.807, 2.05) is 0 Å². The van der Waals surface area contributed by atoms with Crippen molar-refractivity contribution >= 4 is 79.5 Å². The van der Waals surface area contributed by atoms with Crippen molar-refractivity contribution in [2.45, 2.75) is 49.1 Å². The molecule has 57 heavy (non-hydrogen) atoms. The molecule has 2 fully saturated rings. The van der Waals surface area contributed by atoms with Crippen LogP contribution >= 0.6 is 30.1 Å². The molecule has 0 saturated carbocycles. The predicted molar refractivity (Wildman–Crippen MR) is 185 cm³/mol. The van der Waals surface area contributed by atoms with Crippen molar-refractivity contribution in [3.8, 4) is 0 Å². The SMILES string of the molecule is [B][P@](=O)(OC[C@H]1O[C@@H]([n+]2cn(C)c3c(=O)[nH]c(N)nc32)[C@H](O)[C@@H]1O)OP(=O)([O-])CP(=O)([O-])O[P@@]([B])(=O)OC[C@H]1O[C@@H]([n+]2cn(C)c3c(=O)[nH]c(N)nc32)[C@H](O)[C@@H]1O. The largest absolute Gasteiger partial charge is 0.778 e. The zero-order chi connectivity index (χ0) is 42.2. The number of aryl methyl sites for hydroxylation is 2. The summed E-state index contributed by atoms with van der Waals surface area (Å²) in [6.45, 7) is -2.01. The maximum absolute atomic E-state index is 12.8. The fourth-order valence-electron chi connectivity index (χ4n) is 6.12. The Labute approximate surface area is 320 Å². The molecule has 6 heterocycles. The Bertz CT molecular complexity index is 2370. The minimum Gasteiger partial charge on any atom is -0.778 e. The fraction of sp³-hybridized carbons (Fsp3) is 0.565. The van der Waals surface area contributed by atoms with Gasteiger partial charge in [-0.1, -0.05) is 9.97 Å². The van der Waals surface area contributed by atoms with Crippen molar-refractivity contribution in [2.75, 3.05) is 30.6 Å². The molecule has 6 rings (SSSR count). The number of hydrogen-bond acceptors (Lipinski definition) is 22. The van der Waals surface area contributed by atoms with Gasteiger partial charge in [0.15, 0.2) is 27.8 Å². The number of rotatable bonds is 14. The van der Waals surface area contributed by atoms with Gasteiger partial charge in [0.1, 0.15) is 36.6 Å². The smallest absolute Gasteiger partial charge is 0.313 e. The molecule has 4 radical (unpaired) electrons. The number of anilines is 2. The average Bonchev–Trinajstić information content (AvgIpc) is 3.74. The molecule has 4 aromatic rings. The number of nitrogens with one attached hydrogen (secondary N) is 2. The fourth-order valence-corrected chi connectivity index (χ4v) is 13.0. The molecule has 0 spiro atoms. The molecule has 2 aliphatic rings. The van der Waals surface area contributed by atoms with E-state index in [1.165, 1.54) is 35.9 Å². The number of ether oxygens (including phenoxy) is 2. The van der Waals surface area contributed by atoms with Crippen molar-refractivity contribution in [2.24, 2.45) is 14.1 Å². The minimum absolute atomic E-state index is 0.00841. The third-order valence-electron chi connectivity index (χ3n) is 8.46. The maximum Gasteiger partial charge on any atom is 0.313 e. The van der Waals surface area contributed by atoms with Crippen LogP contribution in [0.4, 0.5) is 11.9 Å². The van der Waals surface area contributed by atoms with E-state index in [0.717, 1.165) is 9.13 Å². The van der Waals surface area contributed by atoms with Gasteiger partial charge in [-0.15, -0.1) is 0 Å². The molecule has 10 N–H and O–H groups in total. The monoisotopic (exact) mass is 882 g/mol. The zero-order valence-electron chi connectivity index (χ0n) is 29.2. The maximum atomic E-state index is 12.8. The quantitative estimate of drug-likeness (QED) is 0.0332. The summed E-state index contributed by atoms with van der Waals surface area (Å²) in [5.41, 5.74) is 9.85. The lowest BCUT2D eigenvalue weighted by atomic mass is 10.1. The van der Waals surface area contributed by atoms with Crippen LogP contribution in [0.2, 0.25) is 0 Å². The Kier molecular flexibility index (Phi) is 11.8. The van der Waals surface area contributed by atoms with E-state index >= 15 is 0 Å². The molecule has 2 unspecified atom stereocenters. The molecule has 28 nitrogen and oxygen atoms in total. The Morgan fingerprint density at radius 1 is 0.754 bits per heavy atom. The lowest BCUT2D eigenvalue weighted by molar-refractivity contribution is -0.746. The highest BCUT2D eigenvalue weighted by atomic mass is 31.3. The average molecular weight is 882 g/mol. The Balaban J connectivity index is 1.04. The highest BCUT2D eigenvalue weighted by molar-refractivity contribution is 7.87. The summed E-state index contributed by atoms with van der Waals surface area (Å²) in [7, 11) is -8.66. The van der Waals surface area contributed by atoms with Gasteiger partial charge in [0.05, 0.1) is 33.2 Å². The number of hydrogen-bond donors (Lipinski definition) is 8. The third-order valence-corrected chi connectivity index (χ3v) is 16.1. The number of fused-ring (bicyclic) bond motifs is 2. The first-order chi connectivity index (χ1) is 26.3. The van der Waals surface area contributed by atoms with Gasteiger partial charge >= 0.3 is 11.3 Å². The molecule has 308 valence electrons. The van der Waals surface area contributed by atoms with Crippen LogP contribution < -0.4 is 41.5 Å². The number of aliphatic hydroxyl groups is 4. The van der Waals surface area contributed by atoms with Crippen molar-refractivity contribution < 1.29 is 84.7 Å². The molecular formula is C23H32B2N10O18P4. The summed E-state index contributed by atoms with van der Waals surface area (Å²) in [5, 5.41) is 42.4. The van der Waals surface area contributed by atoms with Gasteiger partial charge in [0.2, 0.25) is 38.6 Å². The summed E-state index contributed by atoms with van der Waals surface area (Å²) < 4.78 is 84.9. The molecule has 0 bridgehead atoms. The normalized spacial score (nSPS) is 29.6. The van der Waals surface area contributed by atoms with Gasteiger partial charge < -0.3 is 69.3 Å². The number of H-pyrrole nitrogens is 2. The topological polar surface area (TPSA) is 412 Å². The first-order valence-corrected chi connectivity index (χ1v) is 22.6. The van der Waals surface area contributed by atoms with Crippen LogP contribution in [-0.2, 0) is 59.5 Å². The van der Waals surface area contributed by atoms with Crippen molar-refractivity contribution in [1.82, 2.24) is 29.1 Å². The number of imidazole rings is 2. The lowest BCUT2D eigenvalue weighted by Crippen LogP contribution is -2.46. The molecule has 0 amide bonds. The van der Waals surface area contributed by atoms with Gasteiger partial charge in [-0.05, 0) is 0 Å². The van der Waals surface area contributed by atoms with Crippen LogP contribution in [0.3, 0.4) is 0 Å². The molecular weight excluding hydrogens is 850 g/mol. The Morgan fingerprint density at radius 2 is 1.11 bits per heavy atom. The van der Waals surface area contributed by atoms with E-state index in [0.29, 0.717) is 0 Å². The van der Waals surface area contributed by atoms with Crippen LogP contribution in [0, 0.1) is 0 Å². The van der Waals surface area contributed by atoms with E-state index in [1.54, 1.807) is 0 Å². The van der Waals surface area contributed by atoms with Crippen LogP contribution in [-0.4, -0.2) is 120 Å². The second-order valence-corrected chi connectivity index (χ2v) is 20.4. The molecule has 0 aliphatic carbocycles. The van der Waals surface area contributed by atoms with Gasteiger partial charge in [0, 0.05) is 0 Å². The van der Waals surface area contributed by atoms with E-state index in [2.05, 4.69) is 28.6 Å². The summed E-state index contributed by atoms with van der Waals surface area (Å²) in [6, 6.07) is 0. The van der Waals surface area contributed by atoms with Crippen molar-refractivity contribution in [1.29, 1.82) is 0 Å². The van der Waals surface area contributed by atoms with Gasteiger partial charge in [-0.25, -0.2) is 9.13 Å². The standard InChI is InChI=1S/C23H32B2N10O18P4/c1-32-5-34(16-10(32)18(40)30-22(26)28-16)20-14(38)12(36)8(50-20)3-48-56(24,46)52-54(42,43)7-55(44,45)53-57(25,47)49-4-9-13(37)15(39)21(51-9)35-6-33(2)11-17(35)29-23(27)31-19(11)41/h5-6,8-9,12-15,20-21,36-39H,3-4,7H2,1-2H3,(H6-2,26,27,28,29,30,31,40,41,42,43,44,45)/t8-,9-,12-,13-,14-,15-,20-,21-,56+,57+/m1/s1. The number of aromatic amines is 2. The van der Waals surface area contributed by atoms with E-state index in [4.69, 9.17) is 45.1 Å². The van der Waals surface area contributed by atoms with Gasteiger partial charge in [-0.3, -0.25) is 46.4 Å². The second-order valence-electron chi connectivity index (χ2n) is 12.8. The molecule has 0 aromatic carbocycles. The summed E-state index contributed by atoms with van der Waals surface area (Å²) in [6.07, 6.45) is -10.5. The number of nitrogens with two attached hydrogens (primary N) is 2. The zero-order valence-corrected chi connectivity index (χ0v) is 32.8. The second kappa shape index (κ2) is 15.5. The van der Waals surface area contributed by atoms with Gasteiger partial charge in [0.25, 0.3) is 38.0 Å². The van der Waals surface area contributed by atoms with Gasteiger partial charge in [-0.2, -0.15) is 0 Å². The number of aliphatic hydroxyl groups excluding tert-OH is 4. The first-order valence-electron chi connectivity index (χ1n) is 15.9. The van der Waals surface area contributed by atoms with Crippen LogP contribution in [0.1, 0.15) is 12.5 Å². The van der Waals surface area contributed by atoms with Crippen LogP contribution in [0.15, 0.2) is 22.2 Å². The summed E-state index contributed by atoms with van der Waals surface area (Å²) in [5.74, 6) is -2.72. The highest BCUT2D eigenvalue weighted by Gasteiger charge is 2.49. The predicted octanol–water partition coefficient (Wildman–Crippen LogP) is -5.80. The Morgan fingerprint density at radius 3 is 1.46 bits per heavy atom. The molecule has 2 saturated heterocycles. The lowest BCUT2D eigenvalue weighted by Gasteiger charge is -2.34. The highest BCUT2D eigenvalue weighted by Crippen LogP contribution is 2.67.